The van der Waals surface area contributed by atoms with Crippen molar-refractivity contribution < 1.29 is 9.53 Å². The third-order valence-corrected chi connectivity index (χ3v) is 3.02. The van der Waals surface area contributed by atoms with Gasteiger partial charge in [-0.3, -0.25) is 4.79 Å². The van der Waals surface area contributed by atoms with Crippen molar-refractivity contribution in [3.63, 3.8) is 0 Å². The number of carbonyl (C=O) groups is 1. The van der Waals surface area contributed by atoms with Crippen LogP contribution in [0.25, 0.3) is 0 Å². The standard InChI is InChI=1S/C14H20N2O2S/c1-4-7-16(9-13(17)18-3)12-6-5-10(2)8-11(12)14(15)19/h5-6,8H,4,7,9H2,1-3H3,(H2,15,19). The molecular weight excluding hydrogens is 260 g/mol. The lowest BCUT2D eigenvalue weighted by Crippen LogP contribution is -2.33. The third kappa shape index (κ3) is 4.21. The van der Waals surface area contributed by atoms with E-state index in [9.17, 15) is 4.79 Å². The number of ether oxygens (including phenoxy) is 1. The zero-order valence-corrected chi connectivity index (χ0v) is 12.4. The van der Waals surface area contributed by atoms with Crippen molar-refractivity contribution in [2.45, 2.75) is 20.3 Å². The van der Waals surface area contributed by atoms with Gasteiger partial charge in [-0.05, 0) is 25.5 Å². The molecular formula is C14H20N2O2S. The summed E-state index contributed by atoms with van der Waals surface area (Å²) in [5, 5.41) is 0. The molecule has 0 saturated carbocycles. The number of rotatable bonds is 6. The SMILES string of the molecule is CCCN(CC(=O)OC)c1ccc(C)cc1C(N)=S. The van der Waals surface area contributed by atoms with Gasteiger partial charge in [-0.15, -0.1) is 0 Å². The van der Waals surface area contributed by atoms with Gasteiger partial charge < -0.3 is 15.4 Å². The maximum Gasteiger partial charge on any atom is 0.325 e. The lowest BCUT2D eigenvalue weighted by molar-refractivity contribution is -0.138. The summed E-state index contributed by atoms with van der Waals surface area (Å²) in [6.45, 7) is 4.98. The molecule has 0 bridgehead atoms. The van der Waals surface area contributed by atoms with E-state index < -0.39 is 0 Å². The first-order chi connectivity index (χ1) is 8.99. The van der Waals surface area contributed by atoms with Gasteiger partial charge >= 0.3 is 5.97 Å². The van der Waals surface area contributed by atoms with Crippen LogP contribution in [-0.4, -0.2) is 31.2 Å². The van der Waals surface area contributed by atoms with Crippen LogP contribution >= 0.6 is 12.2 Å². The van der Waals surface area contributed by atoms with Crippen molar-refractivity contribution in [3.05, 3.63) is 29.3 Å². The molecule has 0 aromatic heterocycles. The van der Waals surface area contributed by atoms with Crippen molar-refractivity contribution in [2.75, 3.05) is 25.1 Å². The highest BCUT2D eigenvalue weighted by Crippen LogP contribution is 2.22. The molecule has 104 valence electrons. The fraction of sp³-hybridized carbons (Fsp3) is 0.429. The fourth-order valence-corrected chi connectivity index (χ4v) is 2.06. The quantitative estimate of drug-likeness (QED) is 0.638. The Balaban J connectivity index is 3.14. The first kappa shape index (κ1) is 15.4. The van der Waals surface area contributed by atoms with Gasteiger partial charge in [-0.2, -0.15) is 0 Å². The molecule has 4 nitrogen and oxygen atoms in total. The van der Waals surface area contributed by atoms with Gasteiger partial charge in [-0.25, -0.2) is 0 Å². The average Bonchev–Trinajstić information content (AvgIpc) is 2.38. The van der Waals surface area contributed by atoms with Gasteiger partial charge in [0.2, 0.25) is 0 Å². The Morgan fingerprint density at radius 3 is 2.68 bits per heavy atom. The molecule has 0 amide bonds. The molecule has 0 atom stereocenters. The van der Waals surface area contributed by atoms with Crippen LogP contribution < -0.4 is 10.6 Å². The number of methoxy groups -OCH3 is 1. The molecule has 0 aliphatic carbocycles. The minimum atomic E-state index is -0.275. The number of esters is 1. The van der Waals surface area contributed by atoms with E-state index in [0.29, 0.717) is 4.99 Å². The maximum absolute atomic E-state index is 11.5. The van der Waals surface area contributed by atoms with E-state index in [1.165, 1.54) is 7.11 Å². The van der Waals surface area contributed by atoms with Gasteiger partial charge in [0.15, 0.2) is 0 Å². The lowest BCUT2D eigenvalue weighted by atomic mass is 10.1. The second kappa shape index (κ2) is 7.09. The van der Waals surface area contributed by atoms with Crippen LogP contribution in [0.2, 0.25) is 0 Å². The van der Waals surface area contributed by atoms with Crippen LogP contribution in [0, 0.1) is 6.92 Å². The highest BCUT2D eigenvalue weighted by molar-refractivity contribution is 7.80. The Morgan fingerprint density at radius 1 is 1.47 bits per heavy atom. The molecule has 0 unspecified atom stereocenters. The number of hydrogen-bond acceptors (Lipinski definition) is 4. The maximum atomic E-state index is 11.5. The second-order valence-electron chi connectivity index (χ2n) is 4.38. The summed E-state index contributed by atoms with van der Waals surface area (Å²) in [5.74, 6) is -0.275. The number of thiocarbonyl (C=S) groups is 1. The van der Waals surface area contributed by atoms with E-state index in [0.717, 1.165) is 29.8 Å². The van der Waals surface area contributed by atoms with E-state index in [2.05, 4.69) is 6.92 Å². The monoisotopic (exact) mass is 280 g/mol. The number of hydrogen-bond donors (Lipinski definition) is 1. The number of anilines is 1. The number of aryl methyl sites for hydroxylation is 1. The highest BCUT2D eigenvalue weighted by atomic mass is 32.1. The van der Waals surface area contributed by atoms with E-state index in [4.69, 9.17) is 22.7 Å². The summed E-state index contributed by atoms with van der Waals surface area (Å²) in [6.07, 6.45) is 0.918. The molecule has 5 heteroatoms. The van der Waals surface area contributed by atoms with Gasteiger partial charge in [0.1, 0.15) is 11.5 Å². The summed E-state index contributed by atoms with van der Waals surface area (Å²) in [6, 6.07) is 5.87. The molecule has 0 saturated heterocycles. The van der Waals surface area contributed by atoms with Crippen molar-refractivity contribution in [1.29, 1.82) is 0 Å². The van der Waals surface area contributed by atoms with Crippen molar-refractivity contribution >= 4 is 28.9 Å². The predicted molar refractivity (Wildman–Crippen MR) is 81.6 cm³/mol. The molecule has 2 N–H and O–H groups in total. The molecule has 19 heavy (non-hydrogen) atoms. The Bertz CT molecular complexity index is 475. The van der Waals surface area contributed by atoms with Crippen LogP contribution in [0.4, 0.5) is 5.69 Å². The smallest absolute Gasteiger partial charge is 0.325 e. The second-order valence-corrected chi connectivity index (χ2v) is 4.82. The van der Waals surface area contributed by atoms with Crippen LogP contribution in [-0.2, 0) is 9.53 Å². The lowest BCUT2D eigenvalue weighted by Gasteiger charge is -2.25. The van der Waals surface area contributed by atoms with E-state index in [-0.39, 0.29) is 12.5 Å². The Labute approximate surface area is 119 Å². The third-order valence-electron chi connectivity index (χ3n) is 2.80. The van der Waals surface area contributed by atoms with E-state index >= 15 is 0 Å². The van der Waals surface area contributed by atoms with Gasteiger partial charge in [0.25, 0.3) is 0 Å². The normalized spacial score (nSPS) is 10.1. The molecule has 0 aliphatic heterocycles. The average molecular weight is 280 g/mol. The molecule has 1 aromatic carbocycles. The Kier molecular flexibility index (Phi) is 5.76. The van der Waals surface area contributed by atoms with E-state index in [1.54, 1.807) is 0 Å². The molecule has 0 spiro atoms. The zero-order chi connectivity index (χ0) is 14.4. The van der Waals surface area contributed by atoms with Crippen LogP contribution in [0.3, 0.4) is 0 Å². The molecule has 0 aliphatic rings. The van der Waals surface area contributed by atoms with Crippen molar-refractivity contribution in [3.8, 4) is 0 Å². The van der Waals surface area contributed by atoms with Crippen LogP contribution in [0.15, 0.2) is 18.2 Å². The van der Waals surface area contributed by atoms with Crippen LogP contribution in [0.1, 0.15) is 24.5 Å². The fourth-order valence-electron chi connectivity index (χ4n) is 1.90. The summed E-state index contributed by atoms with van der Waals surface area (Å²) in [4.78, 5) is 13.8. The van der Waals surface area contributed by atoms with E-state index in [1.807, 2.05) is 30.0 Å². The summed E-state index contributed by atoms with van der Waals surface area (Å²) < 4.78 is 4.73. The Morgan fingerprint density at radius 2 is 2.16 bits per heavy atom. The number of benzene rings is 1. The van der Waals surface area contributed by atoms with Crippen LogP contribution in [0.5, 0.6) is 0 Å². The molecule has 1 aromatic rings. The van der Waals surface area contributed by atoms with Gasteiger partial charge in [0, 0.05) is 17.8 Å². The van der Waals surface area contributed by atoms with Gasteiger partial charge in [-0.1, -0.05) is 30.8 Å². The first-order valence-electron chi connectivity index (χ1n) is 6.21. The summed E-state index contributed by atoms with van der Waals surface area (Å²) >= 11 is 5.09. The first-order valence-corrected chi connectivity index (χ1v) is 6.62. The van der Waals surface area contributed by atoms with Crippen molar-refractivity contribution in [2.24, 2.45) is 5.73 Å². The molecule has 0 heterocycles. The van der Waals surface area contributed by atoms with Crippen molar-refractivity contribution in [1.82, 2.24) is 0 Å². The Hall–Kier alpha value is -1.62. The minimum absolute atomic E-state index is 0.197. The molecule has 0 fully saturated rings. The topological polar surface area (TPSA) is 55.6 Å². The number of nitrogens with two attached hydrogens (primary N) is 1. The zero-order valence-electron chi connectivity index (χ0n) is 11.6. The molecule has 0 radical (unpaired) electrons. The number of nitrogens with zero attached hydrogens (tertiary/aromatic N) is 1. The summed E-state index contributed by atoms with van der Waals surface area (Å²) in [5.41, 5.74) is 8.53. The largest absolute Gasteiger partial charge is 0.468 e. The van der Waals surface area contributed by atoms with Gasteiger partial charge in [0.05, 0.1) is 7.11 Å². The predicted octanol–water partition coefficient (Wildman–Crippen LogP) is 2.02. The minimum Gasteiger partial charge on any atom is -0.468 e. The number of carbonyl (C=O) groups excluding carboxylic acids is 1. The molecule has 1 rings (SSSR count). The highest BCUT2D eigenvalue weighted by Gasteiger charge is 2.16. The summed E-state index contributed by atoms with van der Waals surface area (Å²) in [7, 11) is 1.38.